The predicted molar refractivity (Wildman–Crippen MR) is 90.6 cm³/mol. The molecule has 1 aliphatic carbocycles. The summed E-state index contributed by atoms with van der Waals surface area (Å²) in [7, 11) is 2.06. The molecule has 1 atom stereocenters. The normalized spacial score (nSPS) is 17.0. The Balaban J connectivity index is 1.81. The second-order valence-electron chi connectivity index (χ2n) is 6.09. The molecule has 1 nitrogen and oxygen atoms in total. The highest BCUT2D eigenvalue weighted by molar-refractivity contribution is 5.65. The zero-order valence-electron chi connectivity index (χ0n) is 13.2. The lowest BCUT2D eigenvalue weighted by atomic mass is 9.98. The van der Waals surface area contributed by atoms with E-state index in [0.717, 1.165) is 0 Å². The minimum Gasteiger partial charge on any atom is -0.313 e. The van der Waals surface area contributed by atoms with E-state index in [1.807, 2.05) is 0 Å². The number of nitrogens with one attached hydrogen (secondary N) is 1. The zero-order chi connectivity index (χ0) is 14.7. The summed E-state index contributed by atoms with van der Waals surface area (Å²) < 4.78 is 0. The van der Waals surface area contributed by atoms with E-state index in [-0.39, 0.29) is 0 Å². The van der Waals surface area contributed by atoms with E-state index in [4.69, 9.17) is 0 Å². The Morgan fingerprint density at radius 2 is 1.81 bits per heavy atom. The van der Waals surface area contributed by atoms with Gasteiger partial charge >= 0.3 is 0 Å². The van der Waals surface area contributed by atoms with Crippen LogP contribution in [0.1, 0.15) is 48.9 Å². The molecular formula is C20H25N. The van der Waals surface area contributed by atoms with Gasteiger partial charge in [0.1, 0.15) is 0 Å². The standard InChI is InChI=1S/C20H25N/c1-3-4-5-15-6-8-16(9-7-15)17-10-12-19-18(14-17)11-13-20(19)21-2/h6-10,12,14,20-21H,3-5,11,13H2,1-2H3. The van der Waals surface area contributed by atoms with E-state index in [1.165, 1.54) is 59.9 Å². The molecule has 0 amide bonds. The molecule has 0 aliphatic heterocycles. The fraction of sp³-hybridized carbons (Fsp3) is 0.400. The fourth-order valence-corrected chi connectivity index (χ4v) is 3.34. The molecule has 0 aromatic heterocycles. The summed E-state index contributed by atoms with van der Waals surface area (Å²) in [5, 5.41) is 3.41. The van der Waals surface area contributed by atoms with E-state index in [1.54, 1.807) is 0 Å². The lowest BCUT2D eigenvalue weighted by Crippen LogP contribution is -2.12. The number of fused-ring (bicyclic) bond motifs is 1. The Morgan fingerprint density at radius 1 is 1.05 bits per heavy atom. The molecule has 0 bridgehead atoms. The molecule has 0 fully saturated rings. The summed E-state index contributed by atoms with van der Waals surface area (Å²) in [5.74, 6) is 0. The van der Waals surface area contributed by atoms with Crippen molar-refractivity contribution in [3.8, 4) is 11.1 Å². The minimum atomic E-state index is 0.547. The highest BCUT2D eigenvalue weighted by atomic mass is 14.9. The van der Waals surface area contributed by atoms with Crippen molar-refractivity contribution in [3.63, 3.8) is 0 Å². The third-order valence-corrected chi connectivity index (χ3v) is 4.68. The minimum absolute atomic E-state index is 0.547. The number of hydrogen-bond acceptors (Lipinski definition) is 1. The first-order valence-electron chi connectivity index (χ1n) is 8.21. The average molecular weight is 279 g/mol. The van der Waals surface area contributed by atoms with Crippen molar-refractivity contribution in [2.24, 2.45) is 0 Å². The molecule has 21 heavy (non-hydrogen) atoms. The maximum absolute atomic E-state index is 3.41. The Labute approximate surface area is 128 Å². The highest BCUT2D eigenvalue weighted by Gasteiger charge is 2.20. The molecule has 0 radical (unpaired) electrons. The number of benzene rings is 2. The number of unbranched alkanes of at least 4 members (excludes halogenated alkanes) is 1. The van der Waals surface area contributed by atoms with Crippen LogP contribution in [-0.4, -0.2) is 7.05 Å². The van der Waals surface area contributed by atoms with Crippen molar-refractivity contribution < 1.29 is 0 Å². The van der Waals surface area contributed by atoms with Gasteiger partial charge in [0.2, 0.25) is 0 Å². The van der Waals surface area contributed by atoms with Crippen molar-refractivity contribution in [3.05, 3.63) is 59.2 Å². The summed E-state index contributed by atoms with van der Waals surface area (Å²) in [6, 6.07) is 16.6. The molecule has 1 N–H and O–H groups in total. The Hall–Kier alpha value is -1.60. The lowest BCUT2D eigenvalue weighted by molar-refractivity contribution is 0.590. The van der Waals surface area contributed by atoms with Gasteiger partial charge < -0.3 is 5.32 Å². The van der Waals surface area contributed by atoms with Gasteiger partial charge in [0, 0.05) is 6.04 Å². The molecule has 1 aliphatic rings. The first kappa shape index (κ1) is 14.3. The largest absolute Gasteiger partial charge is 0.313 e. The van der Waals surface area contributed by atoms with Crippen molar-refractivity contribution in [1.29, 1.82) is 0 Å². The smallest absolute Gasteiger partial charge is 0.0323 e. The van der Waals surface area contributed by atoms with Gasteiger partial charge in [-0.15, -0.1) is 0 Å². The molecule has 2 aromatic carbocycles. The van der Waals surface area contributed by atoms with E-state index in [2.05, 4.69) is 61.8 Å². The SMILES string of the molecule is CCCCc1ccc(-c2ccc3c(c2)CCC3NC)cc1. The molecule has 0 heterocycles. The molecule has 0 spiro atoms. The molecule has 0 saturated heterocycles. The zero-order valence-corrected chi connectivity index (χ0v) is 13.2. The van der Waals surface area contributed by atoms with Crippen LogP contribution < -0.4 is 5.32 Å². The maximum Gasteiger partial charge on any atom is 0.0323 e. The molecular weight excluding hydrogens is 254 g/mol. The van der Waals surface area contributed by atoms with E-state index in [0.29, 0.717) is 6.04 Å². The van der Waals surface area contributed by atoms with Gasteiger partial charge in [-0.1, -0.05) is 55.8 Å². The van der Waals surface area contributed by atoms with Crippen LogP contribution in [0.4, 0.5) is 0 Å². The van der Waals surface area contributed by atoms with Crippen LogP contribution in [-0.2, 0) is 12.8 Å². The number of aryl methyl sites for hydroxylation is 2. The van der Waals surface area contributed by atoms with E-state index < -0.39 is 0 Å². The van der Waals surface area contributed by atoms with Crippen LogP contribution >= 0.6 is 0 Å². The van der Waals surface area contributed by atoms with Gasteiger partial charge in [-0.25, -0.2) is 0 Å². The van der Waals surface area contributed by atoms with Crippen molar-refractivity contribution in [1.82, 2.24) is 5.32 Å². The van der Waals surface area contributed by atoms with Gasteiger partial charge in [-0.05, 0) is 60.5 Å². The quantitative estimate of drug-likeness (QED) is 0.820. The first-order chi connectivity index (χ1) is 10.3. The van der Waals surface area contributed by atoms with Gasteiger partial charge in [-0.2, -0.15) is 0 Å². The van der Waals surface area contributed by atoms with Crippen LogP contribution in [0.15, 0.2) is 42.5 Å². The molecule has 110 valence electrons. The summed E-state index contributed by atoms with van der Waals surface area (Å²) in [5.41, 5.74) is 7.15. The molecule has 2 aromatic rings. The second-order valence-corrected chi connectivity index (χ2v) is 6.09. The molecule has 3 rings (SSSR count). The van der Waals surface area contributed by atoms with E-state index in [9.17, 15) is 0 Å². The Morgan fingerprint density at radius 3 is 2.52 bits per heavy atom. The number of hydrogen-bond donors (Lipinski definition) is 1. The Bertz CT molecular complexity index is 598. The highest BCUT2D eigenvalue weighted by Crippen LogP contribution is 2.34. The van der Waals surface area contributed by atoms with Crippen LogP contribution in [0.25, 0.3) is 11.1 Å². The third-order valence-electron chi connectivity index (χ3n) is 4.68. The summed E-state index contributed by atoms with van der Waals surface area (Å²) in [4.78, 5) is 0. The van der Waals surface area contributed by atoms with Gasteiger partial charge in [-0.3, -0.25) is 0 Å². The molecule has 1 unspecified atom stereocenters. The predicted octanol–water partition coefficient (Wildman–Crippen LogP) is 4.90. The topological polar surface area (TPSA) is 12.0 Å². The van der Waals surface area contributed by atoms with Gasteiger partial charge in [0.25, 0.3) is 0 Å². The summed E-state index contributed by atoms with van der Waals surface area (Å²) in [6.45, 7) is 2.25. The van der Waals surface area contributed by atoms with Crippen LogP contribution in [0, 0.1) is 0 Å². The fourth-order valence-electron chi connectivity index (χ4n) is 3.34. The molecule has 1 heteroatoms. The van der Waals surface area contributed by atoms with Gasteiger partial charge in [0.05, 0.1) is 0 Å². The lowest BCUT2D eigenvalue weighted by Gasteiger charge is -2.11. The summed E-state index contributed by atoms with van der Waals surface area (Å²) >= 11 is 0. The van der Waals surface area contributed by atoms with Crippen LogP contribution in [0.2, 0.25) is 0 Å². The molecule has 0 saturated carbocycles. The first-order valence-corrected chi connectivity index (χ1v) is 8.21. The van der Waals surface area contributed by atoms with Crippen molar-refractivity contribution >= 4 is 0 Å². The van der Waals surface area contributed by atoms with Crippen molar-refractivity contribution in [2.45, 2.75) is 45.1 Å². The maximum atomic E-state index is 3.41. The second kappa shape index (κ2) is 6.44. The van der Waals surface area contributed by atoms with Crippen LogP contribution in [0.3, 0.4) is 0 Å². The van der Waals surface area contributed by atoms with Crippen LogP contribution in [0.5, 0.6) is 0 Å². The third kappa shape index (κ3) is 3.03. The van der Waals surface area contributed by atoms with Gasteiger partial charge in [0.15, 0.2) is 0 Å². The average Bonchev–Trinajstić information content (AvgIpc) is 2.95. The van der Waals surface area contributed by atoms with E-state index >= 15 is 0 Å². The van der Waals surface area contributed by atoms with Crippen molar-refractivity contribution in [2.75, 3.05) is 7.05 Å². The Kier molecular flexibility index (Phi) is 4.40. The monoisotopic (exact) mass is 279 g/mol. The number of rotatable bonds is 5. The summed E-state index contributed by atoms with van der Waals surface area (Å²) in [6.07, 6.45) is 6.17.